The molecule has 4 heteroatoms. The van der Waals surface area contributed by atoms with Gasteiger partial charge in [-0.2, -0.15) is 0 Å². The van der Waals surface area contributed by atoms with E-state index in [4.69, 9.17) is 4.74 Å². The minimum Gasteiger partial charge on any atom is -0.466 e. The molecule has 1 aromatic heterocycles. The highest BCUT2D eigenvalue weighted by Gasteiger charge is 2.03. The van der Waals surface area contributed by atoms with Crippen molar-refractivity contribution in [3.05, 3.63) is 20.8 Å². The Balaban J connectivity index is 2.08. The van der Waals surface area contributed by atoms with E-state index in [9.17, 15) is 4.79 Å². The lowest BCUT2D eigenvalue weighted by atomic mass is 10.2. The molecule has 0 spiro atoms. The number of rotatable bonds is 7. The van der Waals surface area contributed by atoms with Gasteiger partial charge in [-0.15, -0.1) is 11.3 Å². The summed E-state index contributed by atoms with van der Waals surface area (Å²) in [6.45, 7) is 2.66. The third-order valence-corrected chi connectivity index (χ3v) is 3.88. The molecule has 0 atom stereocenters. The van der Waals surface area contributed by atoms with Gasteiger partial charge in [-0.05, 0) is 47.3 Å². The monoisotopic (exact) mass is 304 g/mol. The molecule has 1 heterocycles. The van der Waals surface area contributed by atoms with Gasteiger partial charge in [-0.1, -0.05) is 13.3 Å². The zero-order chi connectivity index (χ0) is 11.8. The van der Waals surface area contributed by atoms with Crippen LogP contribution in [0.5, 0.6) is 0 Å². The number of carbonyl (C=O) groups is 1. The molecule has 0 amide bonds. The minimum absolute atomic E-state index is 0.0657. The fraction of sp³-hybridized carbons (Fsp3) is 0.583. The Morgan fingerprint density at radius 1 is 1.44 bits per heavy atom. The van der Waals surface area contributed by atoms with Gasteiger partial charge in [-0.3, -0.25) is 4.79 Å². The predicted octanol–water partition coefficient (Wildman–Crippen LogP) is 4.18. The van der Waals surface area contributed by atoms with Gasteiger partial charge < -0.3 is 4.74 Å². The number of aryl methyl sites for hydroxylation is 1. The molecule has 0 aliphatic rings. The summed E-state index contributed by atoms with van der Waals surface area (Å²) in [4.78, 5) is 12.6. The lowest BCUT2D eigenvalue weighted by Gasteiger charge is -2.02. The van der Waals surface area contributed by atoms with Gasteiger partial charge in [0.05, 0.1) is 10.4 Å². The first kappa shape index (κ1) is 13.7. The number of hydrogen-bond donors (Lipinski definition) is 0. The molecule has 0 bridgehead atoms. The molecule has 90 valence electrons. The minimum atomic E-state index is -0.0657. The van der Waals surface area contributed by atoms with Crippen LogP contribution in [0.15, 0.2) is 15.9 Å². The van der Waals surface area contributed by atoms with Crippen molar-refractivity contribution in [3.8, 4) is 0 Å². The number of ether oxygens (including phenoxy) is 1. The van der Waals surface area contributed by atoms with Crippen LogP contribution in [0, 0.1) is 0 Å². The number of carbonyl (C=O) groups excluding carboxylic acids is 1. The molecule has 16 heavy (non-hydrogen) atoms. The van der Waals surface area contributed by atoms with E-state index >= 15 is 0 Å². The van der Waals surface area contributed by atoms with Crippen molar-refractivity contribution in [2.75, 3.05) is 6.61 Å². The standard InChI is InChI=1S/C12H17BrO2S/c1-2-3-9-15-12(14)6-4-5-10-7-8-11(13)16-10/h7-8H,2-6,9H2,1H3. The van der Waals surface area contributed by atoms with Crippen LogP contribution >= 0.6 is 27.3 Å². The number of unbranched alkanes of at least 4 members (excludes halogenated alkanes) is 1. The van der Waals surface area contributed by atoms with Gasteiger partial charge in [0, 0.05) is 11.3 Å². The Hall–Kier alpha value is -0.350. The molecule has 0 aliphatic heterocycles. The summed E-state index contributed by atoms with van der Waals surface area (Å²) in [6.07, 6.45) is 4.39. The van der Waals surface area contributed by atoms with Gasteiger partial charge in [-0.25, -0.2) is 0 Å². The molecular formula is C12H17BrO2S. The van der Waals surface area contributed by atoms with E-state index in [1.165, 1.54) is 4.88 Å². The molecule has 0 saturated heterocycles. The maximum Gasteiger partial charge on any atom is 0.305 e. The van der Waals surface area contributed by atoms with Crippen LogP contribution in [0.3, 0.4) is 0 Å². The summed E-state index contributed by atoms with van der Waals surface area (Å²) in [5.74, 6) is -0.0657. The summed E-state index contributed by atoms with van der Waals surface area (Å²) < 4.78 is 6.23. The van der Waals surface area contributed by atoms with Gasteiger partial charge in [0.25, 0.3) is 0 Å². The first-order chi connectivity index (χ1) is 7.72. The molecule has 0 fully saturated rings. The third-order valence-electron chi connectivity index (χ3n) is 2.19. The summed E-state index contributed by atoms with van der Waals surface area (Å²) in [5.41, 5.74) is 0. The molecule has 0 saturated carbocycles. The van der Waals surface area contributed by atoms with Crippen molar-refractivity contribution in [1.82, 2.24) is 0 Å². The first-order valence-corrected chi connectivity index (χ1v) is 7.23. The van der Waals surface area contributed by atoms with Crippen molar-refractivity contribution in [3.63, 3.8) is 0 Å². The number of hydrogen-bond acceptors (Lipinski definition) is 3. The number of thiophene rings is 1. The van der Waals surface area contributed by atoms with Crippen LogP contribution < -0.4 is 0 Å². The highest BCUT2D eigenvalue weighted by atomic mass is 79.9. The topological polar surface area (TPSA) is 26.3 Å². The Morgan fingerprint density at radius 2 is 2.25 bits per heavy atom. The molecule has 0 N–H and O–H groups in total. The lowest BCUT2D eigenvalue weighted by molar-refractivity contribution is -0.143. The Bertz CT molecular complexity index is 323. The summed E-state index contributed by atoms with van der Waals surface area (Å²) in [5, 5.41) is 0. The van der Waals surface area contributed by atoms with Crippen LogP contribution in [0.25, 0.3) is 0 Å². The third kappa shape index (κ3) is 5.66. The molecule has 1 aromatic rings. The number of halogens is 1. The zero-order valence-electron chi connectivity index (χ0n) is 9.50. The van der Waals surface area contributed by atoms with Gasteiger partial charge >= 0.3 is 5.97 Å². The second kappa shape index (κ2) is 7.85. The van der Waals surface area contributed by atoms with Crippen LogP contribution in [-0.4, -0.2) is 12.6 Å². The van der Waals surface area contributed by atoms with Crippen LogP contribution in [0.2, 0.25) is 0 Å². The number of esters is 1. The largest absolute Gasteiger partial charge is 0.466 e. The highest BCUT2D eigenvalue weighted by molar-refractivity contribution is 9.11. The highest BCUT2D eigenvalue weighted by Crippen LogP contribution is 2.23. The van der Waals surface area contributed by atoms with Gasteiger partial charge in [0.1, 0.15) is 0 Å². The van der Waals surface area contributed by atoms with Crippen LogP contribution in [0.1, 0.15) is 37.5 Å². The van der Waals surface area contributed by atoms with Crippen molar-refractivity contribution in [1.29, 1.82) is 0 Å². The van der Waals surface area contributed by atoms with E-state index in [1.54, 1.807) is 11.3 Å². The molecule has 2 nitrogen and oxygen atoms in total. The summed E-state index contributed by atoms with van der Waals surface area (Å²) in [7, 11) is 0. The average Bonchev–Trinajstić information content (AvgIpc) is 2.65. The van der Waals surface area contributed by atoms with Crippen molar-refractivity contribution >= 4 is 33.2 Å². The smallest absolute Gasteiger partial charge is 0.305 e. The van der Waals surface area contributed by atoms with E-state index in [0.29, 0.717) is 13.0 Å². The molecule has 0 aromatic carbocycles. The molecule has 0 aliphatic carbocycles. The van der Waals surface area contributed by atoms with E-state index in [2.05, 4.69) is 28.9 Å². The molecule has 0 unspecified atom stereocenters. The van der Waals surface area contributed by atoms with Crippen molar-refractivity contribution in [2.24, 2.45) is 0 Å². The zero-order valence-corrected chi connectivity index (χ0v) is 11.9. The van der Waals surface area contributed by atoms with E-state index in [0.717, 1.165) is 29.5 Å². The maximum atomic E-state index is 11.3. The van der Waals surface area contributed by atoms with Crippen LogP contribution in [-0.2, 0) is 16.0 Å². The van der Waals surface area contributed by atoms with Crippen LogP contribution in [0.4, 0.5) is 0 Å². The van der Waals surface area contributed by atoms with E-state index in [1.807, 2.05) is 6.07 Å². The fourth-order valence-corrected chi connectivity index (χ4v) is 2.82. The Kier molecular flexibility index (Phi) is 6.73. The molecule has 0 radical (unpaired) electrons. The molecule has 1 rings (SSSR count). The van der Waals surface area contributed by atoms with Gasteiger partial charge in [0.15, 0.2) is 0 Å². The second-order valence-electron chi connectivity index (χ2n) is 3.63. The maximum absolute atomic E-state index is 11.3. The van der Waals surface area contributed by atoms with Crippen molar-refractivity contribution < 1.29 is 9.53 Å². The SMILES string of the molecule is CCCCOC(=O)CCCc1ccc(Br)s1. The average molecular weight is 305 g/mol. The second-order valence-corrected chi connectivity index (χ2v) is 6.18. The van der Waals surface area contributed by atoms with Gasteiger partial charge in [0.2, 0.25) is 0 Å². The Labute approximate surface area is 109 Å². The first-order valence-electron chi connectivity index (χ1n) is 5.62. The molecular weight excluding hydrogens is 288 g/mol. The van der Waals surface area contributed by atoms with Crippen molar-refractivity contribution in [2.45, 2.75) is 39.0 Å². The summed E-state index contributed by atoms with van der Waals surface area (Å²) >= 11 is 5.15. The van der Waals surface area contributed by atoms with E-state index in [-0.39, 0.29) is 5.97 Å². The predicted molar refractivity (Wildman–Crippen MR) is 70.8 cm³/mol. The quantitative estimate of drug-likeness (QED) is 0.558. The lowest BCUT2D eigenvalue weighted by Crippen LogP contribution is -2.05. The summed E-state index contributed by atoms with van der Waals surface area (Å²) in [6, 6.07) is 4.14. The normalized spacial score (nSPS) is 10.4. The fourth-order valence-electron chi connectivity index (χ4n) is 1.30. The Morgan fingerprint density at radius 3 is 2.88 bits per heavy atom. The van der Waals surface area contributed by atoms with E-state index < -0.39 is 0 Å².